The first kappa shape index (κ1) is 16.8. The topological polar surface area (TPSA) is 61.8 Å². The zero-order valence-corrected chi connectivity index (χ0v) is 15.0. The van der Waals surface area contributed by atoms with E-state index in [4.69, 9.17) is 11.6 Å². The number of benzene rings is 2. The Balaban J connectivity index is 2.27. The number of aromatic hydroxyl groups is 1. The number of halogens is 1. The van der Waals surface area contributed by atoms with Crippen LogP contribution in [-0.2, 0) is 12.8 Å². The fourth-order valence-corrected chi connectivity index (χ4v) is 3.38. The predicted octanol–water partition coefficient (Wildman–Crippen LogP) is 5.13. The zero-order chi connectivity index (χ0) is 17.3. The van der Waals surface area contributed by atoms with Crippen LogP contribution in [0.3, 0.4) is 0 Å². The van der Waals surface area contributed by atoms with Crippen molar-refractivity contribution in [2.45, 2.75) is 40.0 Å². The van der Waals surface area contributed by atoms with Crippen LogP contribution in [0.4, 0.5) is 0 Å². The predicted molar refractivity (Wildman–Crippen MR) is 98.5 cm³/mol. The van der Waals surface area contributed by atoms with Gasteiger partial charge < -0.3 is 5.11 Å². The maximum atomic E-state index is 10.9. The lowest BCUT2D eigenvalue weighted by Crippen LogP contribution is -1.99. The van der Waals surface area contributed by atoms with Crippen LogP contribution in [0.5, 0.6) is 5.75 Å². The van der Waals surface area contributed by atoms with Gasteiger partial charge in [0.15, 0.2) is 0 Å². The van der Waals surface area contributed by atoms with Gasteiger partial charge in [-0.1, -0.05) is 50.1 Å². The maximum Gasteiger partial charge on any atom is 0.126 e. The largest absolute Gasteiger partial charge is 0.507 e. The number of nitrogens with one attached hydrogen (secondary N) is 1. The summed E-state index contributed by atoms with van der Waals surface area (Å²) in [6, 6.07) is 7.80. The highest BCUT2D eigenvalue weighted by molar-refractivity contribution is 6.35. The Morgan fingerprint density at radius 1 is 1.25 bits per heavy atom. The van der Waals surface area contributed by atoms with Gasteiger partial charge >= 0.3 is 0 Å². The van der Waals surface area contributed by atoms with E-state index in [1.807, 2.05) is 18.2 Å². The molecular formula is C19H22ClN3O. The SMILES string of the molecule is CCCc1cc(CC(C)C)c(O)c(-c2c(Cl)ccc3[nH]nnc23)c1. The van der Waals surface area contributed by atoms with E-state index < -0.39 is 0 Å². The third-order valence-corrected chi connectivity index (χ3v) is 4.45. The smallest absolute Gasteiger partial charge is 0.126 e. The quantitative estimate of drug-likeness (QED) is 0.674. The molecule has 0 bridgehead atoms. The third-order valence-electron chi connectivity index (χ3n) is 4.13. The lowest BCUT2D eigenvalue weighted by Gasteiger charge is -2.16. The molecule has 0 aliphatic carbocycles. The summed E-state index contributed by atoms with van der Waals surface area (Å²) in [6.45, 7) is 6.45. The lowest BCUT2D eigenvalue weighted by molar-refractivity contribution is 0.464. The summed E-state index contributed by atoms with van der Waals surface area (Å²) in [7, 11) is 0. The number of aromatic nitrogens is 3. The van der Waals surface area contributed by atoms with Gasteiger partial charge in [0.2, 0.25) is 0 Å². The first-order valence-corrected chi connectivity index (χ1v) is 8.73. The van der Waals surface area contributed by atoms with Gasteiger partial charge in [-0.25, -0.2) is 0 Å². The molecule has 0 aliphatic rings. The van der Waals surface area contributed by atoms with Crippen molar-refractivity contribution >= 4 is 22.6 Å². The molecule has 2 aromatic carbocycles. The Morgan fingerprint density at radius 2 is 2.04 bits per heavy atom. The molecule has 0 saturated heterocycles. The monoisotopic (exact) mass is 343 g/mol. The van der Waals surface area contributed by atoms with Crippen molar-refractivity contribution < 1.29 is 5.11 Å². The molecule has 0 fully saturated rings. The van der Waals surface area contributed by atoms with E-state index in [0.29, 0.717) is 22.2 Å². The second kappa shape index (κ2) is 6.81. The lowest BCUT2D eigenvalue weighted by atomic mass is 9.92. The van der Waals surface area contributed by atoms with Gasteiger partial charge in [0, 0.05) is 11.1 Å². The van der Waals surface area contributed by atoms with Crippen LogP contribution in [0.2, 0.25) is 5.02 Å². The Bertz CT molecular complexity index is 870. The summed E-state index contributed by atoms with van der Waals surface area (Å²) in [4.78, 5) is 0. The summed E-state index contributed by atoms with van der Waals surface area (Å²) in [5.41, 5.74) is 5.13. The molecular weight excluding hydrogens is 322 g/mol. The van der Waals surface area contributed by atoms with Gasteiger partial charge in [0.25, 0.3) is 0 Å². The minimum atomic E-state index is 0.293. The van der Waals surface area contributed by atoms with Gasteiger partial charge in [0.1, 0.15) is 11.3 Å². The molecule has 2 N–H and O–H groups in total. The highest BCUT2D eigenvalue weighted by Crippen LogP contribution is 2.41. The summed E-state index contributed by atoms with van der Waals surface area (Å²) >= 11 is 6.46. The number of phenols is 1. The van der Waals surface area contributed by atoms with Crippen molar-refractivity contribution in [3.05, 3.63) is 40.4 Å². The number of hydrogen-bond acceptors (Lipinski definition) is 3. The first-order valence-electron chi connectivity index (χ1n) is 8.35. The average Bonchev–Trinajstić information content (AvgIpc) is 2.99. The molecule has 0 amide bonds. The standard InChI is InChI=1S/C19H22ClN3O/c1-4-5-12-9-13(8-11(2)3)19(24)14(10-12)17-15(20)6-7-16-18(17)22-23-21-16/h6-7,9-11,24H,4-5,8H2,1-3H3,(H,21,22,23). The van der Waals surface area contributed by atoms with Gasteiger partial charge in [-0.05, 0) is 48.1 Å². The molecule has 1 heterocycles. The van der Waals surface area contributed by atoms with Crippen molar-refractivity contribution in [3.63, 3.8) is 0 Å². The average molecular weight is 344 g/mol. The number of nitrogens with zero attached hydrogens (tertiary/aromatic N) is 2. The molecule has 0 unspecified atom stereocenters. The molecule has 24 heavy (non-hydrogen) atoms. The normalized spacial score (nSPS) is 11.5. The Morgan fingerprint density at radius 3 is 2.75 bits per heavy atom. The van der Waals surface area contributed by atoms with Gasteiger partial charge in [-0.2, -0.15) is 0 Å². The summed E-state index contributed by atoms with van der Waals surface area (Å²) < 4.78 is 0. The summed E-state index contributed by atoms with van der Waals surface area (Å²) in [6.07, 6.45) is 2.83. The number of hydrogen-bond donors (Lipinski definition) is 2. The molecule has 0 radical (unpaired) electrons. The number of rotatable bonds is 5. The van der Waals surface area contributed by atoms with Gasteiger partial charge in [-0.3, -0.25) is 5.10 Å². The van der Waals surface area contributed by atoms with Crippen LogP contribution < -0.4 is 0 Å². The highest BCUT2D eigenvalue weighted by atomic mass is 35.5. The maximum absolute atomic E-state index is 10.9. The zero-order valence-electron chi connectivity index (χ0n) is 14.2. The van der Waals surface area contributed by atoms with E-state index >= 15 is 0 Å². The molecule has 4 nitrogen and oxygen atoms in total. The van der Waals surface area contributed by atoms with E-state index in [-0.39, 0.29) is 0 Å². The van der Waals surface area contributed by atoms with E-state index in [1.54, 1.807) is 0 Å². The Kier molecular flexibility index (Phi) is 4.76. The van der Waals surface area contributed by atoms with Crippen LogP contribution in [0.25, 0.3) is 22.2 Å². The number of H-pyrrole nitrogens is 1. The number of aromatic amines is 1. The van der Waals surface area contributed by atoms with Crippen LogP contribution in [0.1, 0.15) is 38.3 Å². The minimum absolute atomic E-state index is 0.293. The fourth-order valence-electron chi connectivity index (χ4n) is 3.13. The van der Waals surface area contributed by atoms with Gasteiger partial charge in [0.05, 0.1) is 10.5 Å². The van der Waals surface area contributed by atoms with Crippen molar-refractivity contribution in [2.75, 3.05) is 0 Å². The van der Waals surface area contributed by atoms with E-state index in [9.17, 15) is 5.11 Å². The van der Waals surface area contributed by atoms with Crippen molar-refractivity contribution in [2.24, 2.45) is 5.92 Å². The van der Waals surface area contributed by atoms with E-state index in [2.05, 4.69) is 42.2 Å². The summed E-state index contributed by atoms with van der Waals surface area (Å²) in [5, 5.41) is 22.4. The molecule has 3 aromatic rings. The van der Waals surface area contributed by atoms with Crippen LogP contribution in [0.15, 0.2) is 24.3 Å². The fraction of sp³-hybridized carbons (Fsp3) is 0.368. The second-order valence-electron chi connectivity index (χ2n) is 6.63. The summed E-state index contributed by atoms with van der Waals surface area (Å²) in [5.74, 6) is 0.750. The van der Waals surface area contributed by atoms with Crippen molar-refractivity contribution in [3.8, 4) is 16.9 Å². The Hall–Kier alpha value is -2.07. The van der Waals surface area contributed by atoms with Gasteiger partial charge in [-0.15, -0.1) is 5.10 Å². The first-order chi connectivity index (χ1) is 11.5. The second-order valence-corrected chi connectivity index (χ2v) is 7.04. The molecule has 5 heteroatoms. The molecule has 0 saturated carbocycles. The van der Waals surface area contributed by atoms with E-state index in [0.717, 1.165) is 41.5 Å². The molecule has 1 aromatic heterocycles. The van der Waals surface area contributed by atoms with Crippen LogP contribution in [0, 0.1) is 5.92 Å². The molecule has 0 atom stereocenters. The molecule has 0 spiro atoms. The third kappa shape index (κ3) is 3.11. The Labute approximate surface area is 146 Å². The van der Waals surface area contributed by atoms with E-state index in [1.165, 1.54) is 5.56 Å². The van der Waals surface area contributed by atoms with Crippen molar-refractivity contribution in [1.82, 2.24) is 15.4 Å². The number of aryl methyl sites for hydroxylation is 1. The molecule has 126 valence electrons. The molecule has 0 aliphatic heterocycles. The number of fused-ring (bicyclic) bond motifs is 1. The van der Waals surface area contributed by atoms with Crippen LogP contribution >= 0.6 is 11.6 Å². The van der Waals surface area contributed by atoms with Crippen LogP contribution in [-0.4, -0.2) is 20.5 Å². The highest BCUT2D eigenvalue weighted by Gasteiger charge is 2.19. The van der Waals surface area contributed by atoms with Crippen molar-refractivity contribution in [1.29, 1.82) is 0 Å². The number of phenolic OH excluding ortho intramolecular Hbond substituents is 1. The molecule has 3 rings (SSSR count). The minimum Gasteiger partial charge on any atom is -0.507 e.